The lowest BCUT2D eigenvalue weighted by molar-refractivity contribution is -0.150. The summed E-state index contributed by atoms with van der Waals surface area (Å²) in [6, 6.07) is 5.20. The van der Waals surface area contributed by atoms with Gasteiger partial charge in [-0.3, -0.25) is 4.79 Å². The minimum Gasteiger partial charge on any atom is -0.381 e. The molecule has 1 amide bonds. The standard InChI is InChI=1S/C20H26F3NO3/c21-20(22,23)16-8-5-4-6-14(16)15-7-2-1-3-9-17(15)24-18(25)19(26)10-12-27-13-11-19/h4-6,8,15,17,26H,1-3,7,9-13H2,(H,24,25)/t15-,17+/m1/s1. The Balaban J connectivity index is 1.86. The topological polar surface area (TPSA) is 58.6 Å². The molecule has 1 saturated carbocycles. The average Bonchev–Trinajstić information content (AvgIpc) is 2.87. The number of nitrogens with one attached hydrogen (secondary N) is 1. The number of carbonyl (C=O) groups excluding carboxylic acids is 1. The van der Waals surface area contributed by atoms with Crippen molar-refractivity contribution >= 4 is 5.91 Å². The van der Waals surface area contributed by atoms with E-state index in [2.05, 4.69) is 5.32 Å². The maximum absolute atomic E-state index is 13.5. The van der Waals surface area contributed by atoms with Crippen LogP contribution in [0.5, 0.6) is 0 Å². The Morgan fingerprint density at radius 3 is 2.48 bits per heavy atom. The van der Waals surface area contributed by atoms with Gasteiger partial charge >= 0.3 is 6.18 Å². The van der Waals surface area contributed by atoms with Crippen LogP contribution in [-0.4, -0.2) is 35.9 Å². The molecule has 3 rings (SSSR count). The van der Waals surface area contributed by atoms with Crippen LogP contribution in [-0.2, 0) is 15.7 Å². The molecular weight excluding hydrogens is 359 g/mol. The monoisotopic (exact) mass is 385 g/mol. The molecule has 0 spiro atoms. The first-order valence-electron chi connectivity index (χ1n) is 9.58. The molecule has 0 bridgehead atoms. The Bertz CT molecular complexity index is 656. The summed E-state index contributed by atoms with van der Waals surface area (Å²) >= 11 is 0. The number of benzene rings is 1. The zero-order chi connectivity index (χ0) is 19.5. The molecule has 150 valence electrons. The highest BCUT2D eigenvalue weighted by atomic mass is 19.4. The third-order valence-electron chi connectivity index (χ3n) is 5.74. The number of carbonyl (C=O) groups is 1. The summed E-state index contributed by atoms with van der Waals surface area (Å²) in [7, 11) is 0. The Labute approximate surface area is 157 Å². The molecule has 2 aliphatic rings. The van der Waals surface area contributed by atoms with Crippen LogP contribution in [0, 0.1) is 0 Å². The largest absolute Gasteiger partial charge is 0.416 e. The number of amides is 1. The fraction of sp³-hybridized carbons (Fsp3) is 0.650. The van der Waals surface area contributed by atoms with Crippen LogP contribution in [0.3, 0.4) is 0 Å². The van der Waals surface area contributed by atoms with Crippen LogP contribution in [0.2, 0.25) is 0 Å². The molecule has 1 aliphatic heterocycles. The lowest BCUT2D eigenvalue weighted by atomic mass is 9.83. The van der Waals surface area contributed by atoms with Crippen LogP contribution in [0.15, 0.2) is 24.3 Å². The van der Waals surface area contributed by atoms with Gasteiger partial charge < -0.3 is 15.2 Å². The van der Waals surface area contributed by atoms with Gasteiger partial charge in [0, 0.05) is 38.0 Å². The van der Waals surface area contributed by atoms with Gasteiger partial charge in [-0.25, -0.2) is 0 Å². The molecule has 2 N–H and O–H groups in total. The van der Waals surface area contributed by atoms with Crippen molar-refractivity contribution < 1.29 is 27.8 Å². The molecule has 1 aliphatic carbocycles. The number of alkyl halides is 3. The first-order valence-corrected chi connectivity index (χ1v) is 9.58. The van der Waals surface area contributed by atoms with Crippen molar-refractivity contribution in [2.24, 2.45) is 0 Å². The highest BCUT2D eigenvalue weighted by Crippen LogP contribution is 2.40. The van der Waals surface area contributed by atoms with E-state index < -0.39 is 35.2 Å². The second-order valence-corrected chi connectivity index (χ2v) is 7.55. The average molecular weight is 385 g/mol. The van der Waals surface area contributed by atoms with Crippen LogP contribution in [0.25, 0.3) is 0 Å². The molecule has 1 saturated heterocycles. The van der Waals surface area contributed by atoms with Crippen molar-refractivity contribution in [3.05, 3.63) is 35.4 Å². The maximum atomic E-state index is 13.5. The summed E-state index contributed by atoms with van der Waals surface area (Å²) in [4.78, 5) is 12.7. The predicted octanol–water partition coefficient (Wildman–Crippen LogP) is 3.78. The lowest BCUT2D eigenvalue weighted by Gasteiger charge is -2.35. The normalized spacial score (nSPS) is 26.2. The summed E-state index contributed by atoms with van der Waals surface area (Å²) in [5.74, 6) is -0.912. The van der Waals surface area contributed by atoms with Gasteiger partial charge in [0.25, 0.3) is 5.91 Å². The molecule has 0 aromatic heterocycles. The predicted molar refractivity (Wildman–Crippen MR) is 94.2 cm³/mol. The van der Waals surface area contributed by atoms with Crippen molar-refractivity contribution in [2.45, 2.75) is 68.7 Å². The number of halogens is 3. The van der Waals surface area contributed by atoms with E-state index in [0.29, 0.717) is 26.1 Å². The number of hydrogen-bond acceptors (Lipinski definition) is 3. The van der Waals surface area contributed by atoms with E-state index in [1.165, 1.54) is 12.1 Å². The van der Waals surface area contributed by atoms with E-state index in [-0.39, 0.29) is 18.4 Å². The molecule has 4 nitrogen and oxygen atoms in total. The molecule has 0 radical (unpaired) electrons. The highest BCUT2D eigenvalue weighted by Gasteiger charge is 2.41. The van der Waals surface area contributed by atoms with Gasteiger partial charge in [0.05, 0.1) is 5.56 Å². The number of rotatable bonds is 3. The van der Waals surface area contributed by atoms with Crippen LogP contribution in [0.4, 0.5) is 13.2 Å². The summed E-state index contributed by atoms with van der Waals surface area (Å²) in [5, 5.41) is 13.5. The van der Waals surface area contributed by atoms with E-state index in [4.69, 9.17) is 4.74 Å². The van der Waals surface area contributed by atoms with Crippen molar-refractivity contribution in [3.8, 4) is 0 Å². The zero-order valence-electron chi connectivity index (χ0n) is 15.2. The van der Waals surface area contributed by atoms with Gasteiger partial charge in [0.2, 0.25) is 0 Å². The zero-order valence-corrected chi connectivity index (χ0v) is 15.2. The molecule has 2 atom stereocenters. The van der Waals surface area contributed by atoms with Gasteiger partial charge in [-0.05, 0) is 24.5 Å². The Morgan fingerprint density at radius 2 is 1.78 bits per heavy atom. The maximum Gasteiger partial charge on any atom is 0.416 e. The van der Waals surface area contributed by atoms with Gasteiger partial charge in [-0.1, -0.05) is 37.5 Å². The molecule has 0 unspecified atom stereocenters. The number of hydrogen-bond donors (Lipinski definition) is 2. The van der Waals surface area contributed by atoms with Crippen molar-refractivity contribution in [2.75, 3.05) is 13.2 Å². The summed E-state index contributed by atoms with van der Waals surface area (Å²) in [5.41, 5.74) is -1.91. The molecule has 7 heteroatoms. The summed E-state index contributed by atoms with van der Waals surface area (Å²) in [6.07, 6.45) is -0.247. The Kier molecular flexibility index (Phi) is 6.11. The van der Waals surface area contributed by atoms with Crippen molar-refractivity contribution in [3.63, 3.8) is 0 Å². The van der Waals surface area contributed by atoms with E-state index in [9.17, 15) is 23.1 Å². The molecular formula is C20H26F3NO3. The minimum atomic E-state index is -4.43. The van der Waals surface area contributed by atoms with Gasteiger partial charge in [-0.2, -0.15) is 13.2 Å². The van der Waals surface area contributed by atoms with Gasteiger partial charge in [0.1, 0.15) is 5.60 Å². The fourth-order valence-corrected chi connectivity index (χ4v) is 4.17. The van der Waals surface area contributed by atoms with E-state index in [1.54, 1.807) is 6.07 Å². The quantitative estimate of drug-likeness (QED) is 0.779. The SMILES string of the molecule is O=C(N[C@H]1CCCCC[C@@H]1c1ccccc1C(F)(F)F)C1(O)CCOCC1. The fourth-order valence-electron chi connectivity index (χ4n) is 4.17. The Morgan fingerprint density at radius 1 is 1.11 bits per heavy atom. The highest BCUT2D eigenvalue weighted by molar-refractivity contribution is 5.85. The summed E-state index contributed by atoms with van der Waals surface area (Å²) < 4.78 is 45.7. The number of ether oxygens (including phenoxy) is 1. The lowest BCUT2D eigenvalue weighted by Crippen LogP contribution is -2.54. The van der Waals surface area contributed by atoms with Crippen molar-refractivity contribution in [1.82, 2.24) is 5.32 Å². The van der Waals surface area contributed by atoms with Crippen LogP contribution in [0.1, 0.15) is 62.0 Å². The third kappa shape index (κ3) is 4.63. The first kappa shape index (κ1) is 20.1. The molecule has 1 aromatic rings. The van der Waals surface area contributed by atoms with E-state index in [0.717, 1.165) is 25.3 Å². The van der Waals surface area contributed by atoms with Crippen LogP contribution < -0.4 is 5.32 Å². The smallest absolute Gasteiger partial charge is 0.381 e. The van der Waals surface area contributed by atoms with Gasteiger partial charge in [0.15, 0.2) is 0 Å². The third-order valence-corrected chi connectivity index (χ3v) is 5.74. The molecule has 1 aromatic carbocycles. The second kappa shape index (κ2) is 8.19. The molecule has 1 heterocycles. The minimum absolute atomic E-state index is 0.204. The van der Waals surface area contributed by atoms with E-state index >= 15 is 0 Å². The molecule has 2 fully saturated rings. The summed E-state index contributed by atoms with van der Waals surface area (Å²) in [6.45, 7) is 0.601. The van der Waals surface area contributed by atoms with E-state index in [1.807, 2.05) is 0 Å². The first-order chi connectivity index (χ1) is 12.8. The Hall–Kier alpha value is -1.60. The van der Waals surface area contributed by atoms with Crippen molar-refractivity contribution in [1.29, 1.82) is 0 Å². The van der Waals surface area contributed by atoms with Gasteiger partial charge in [-0.15, -0.1) is 0 Å². The number of aliphatic hydroxyl groups is 1. The van der Waals surface area contributed by atoms with Crippen LogP contribution >= 0.6 is 0 Å². The second-order valence-electron chi connectivity index (χ2n) is 7.55. The molecule has 27 heavy (non-hydrogen) atoms.